The quantitative estimate of drug-likeness (QED) is 0.695. The van der Waals surface area contributed by atoms with Gasteiger partial charge in [0, 0.05) is 24.7 Å². The molecule has 1 aromatic rings. The normalized spacial score (nSPS) is 23.7. The Labute approximate surface area is 87.9 Å². The third-order valence-electron chi connectivity index (χ3n) is 2.98. The minimum absolute atomic E-state index is 0.0390. The number of aromatic nitrogens is 1. The summed E-state index contributed by atoms with van der Waals surface area (Å²) in [5, 5.41) is 9.72. The van der Waals surface area contributed by atoms with Gasteiger partial charge in [0.2, 0.25) is 0 Å². The summed E-state index contributed by atoms with van der Waals surface area (Å²) in [7, 11) is 1.34. The number of ether oxygens (including phenoxy) is 1. The molecule has 4 heteroatoms. The van der Waals surface area contributed by atoms with Crippen LogP contribution in [0.25, 0.3) is 0 Å². The molecule has 0 amide bonds. The molecule has 2 rings (SSSR count). The second kappa shape index (κ2) is 3.62. The minimum atomic E-state index is -0.424. The lowest BCUT2D eigenvalue weighted by Gasteiger charge is -2.07. The molecule has 1 aliphatic carbocycles. The van der Waals surface area contributed by atoms with Crippen molar-refractivity contribution >= 4 is 5.97 Å². The first-order valence-electron chi connectivity index (χ1n) is 4.88. The fraction of sp³-hybridized carbons (Fsp3) is 0.455. The number of fused-ring (bicyclic) bond motifs is 1. The SMILES string of the molecule is COC(=O)c1cncc2c1C[C@H](O)[C@@H]2C. The van der Waals surface area contributed by atoms with Crippen molar-refractivity contribution in [2.45, 2.75) is 25.4 Å². The smallest absolute Gasteiger partial charge is 0.339 e. The highest BCUT2D eigenvalue weighted by molar-refractivity contribution is 5.91. The van der Waals surface area contributed by atoms with Crippen molar-refractivity contribution in [3.63, 3.8) is 0 Å². The molecule has 0 unspecified atom stereocenters. The van der Waals surface area contributed by atoms with E-state index in [1.807, 2.05) is 6.92 Å². The van der Waals surface area contributed by atoms with Gasteiger partial charge < -0.3 is 9.84 Å². The number of aliphatic hydroxyl groups excluding tert-OH is 1. The Hall–Kier alpha value is -1.42. The topological polar surface area (TPSA) is 59.4 Å². The first kappa shape index (κ1) is 10.1. The molecule has 0 bridgehead atoms. The zero-order chi connectivity index (χ0) is 11.0. The average molecular weight is 207 g/mol. The predicted octanol–water partition coefficient (Wildman–Crippen LogP) is 0.889. The van der Waals surface area contributed by atoms with Gasteiger partial charge in [-0.3, -0.25) is 4.98 Å². The Morgan fingerprint density at radius 1 is 1.60 bits per heavy atom. The van der Waals surface area contributed by atoms with Gasteiger partial charge in [0.15, 0.2) is 0 Å². The number of aliphatic hydroxyl groups is 1. The maximum Gasteiger partial charge on any atom is 0.339 e. The Morgan fingerprint density at radius 2 is 2.33 bits per heavy atom. The van der Waals surface area contributed by atoms with Gasteiger partial charge in [0.05, 0.1) is 18.8 Å². The Bertz CT molecular complexity index is 403. The molecule has 1 heterocycles. The number of carbonyl (C=O) groups excluding carboxylic acids is 1. The van der Waals surface area contributed by atoms with Crippen molar-refractivity contribution in [1.82, 2.24) is 4.98 Å². The lowest BCUT2D eigenvalue weighted by atomic mass is 10.0. The van der Waals surface area contributed by atoms with E-state index in [1.165, 1.54) is 13.3 Å². The highest BCUT2D eigenvalue weighted by Gasteiger charge is 2.31. The molecule has 80 valence electrons. The zero-order valence-electron chi connectivity index (χ0n) is 8.73. The van der Waals surface area contributed by atoms with Crippen LogP contribution in [0.5, 0.6) is 0 Å². The standard InChI is InChI=1S/C11H13NO3/c1-6-8-4-12-5-9(11(14)15-2)7(8)3-10(6)13/h4-6,10,13H,3H2,1-2H3/t6-,10+/m1/s1. The van der Waals surface area contributed by atoms with Gasteiger partial charge in [-0.1, -0.05) is 6.92 Å². The van der Waals surface area contributed by atoms with E-state index < -0.39 is 6.10 Å². The number of hydrogen-bond donors (Lipinski definition) is 1. The zero-order valence-corrected chi connectivity index (χ0v) is 8.73. The van der Waals surface area contributed by atoms with Crippen LogP contribution < -0.4 is 0 Å². The van der Waals surface area contributed by atoms with Gasteiger partial charge in [0.25, 0.3) is 0 Å². The van der Waals surface area contributed by atoms with E-state index in [1.54, 1.807) is 6.20 Å². The van der Waals surface area contributed by atoms with Crippen molar-refractivity contribution in [2.75, 3.05) is 7.11 Å². The molecule has 0 aromatic carbocycles. The van der Waals surface area contributed by atoms with Gasteiger partial charge in [-0.25, -0.2) is 4.79 Å². The largest absolute Gasteiger partial charge is 0.465 e. The van der Waals surface area contributed by atoms with E-state index in [4.69, 9.17) is 0 Å². The first-order valence-corrected chi connectivity index (χ1v) is 4.88. The molecule has 4 nitrogen and oxygen atoms in total. The summed E-state index contributed by atoms with van der Waals surface area (Å²) < 4.78 is 4.67. The molecule has 0 saturated carbocycles. The van der Waals surface area contributed by atoms with Crippen molar-refractivity contribution in [2.24, 2.45) is 0 Å². The summed E-state index contributed by atoms with van der Waals surface area (Å²) in [5.74, 6) is -0.349. The molecule has 2 atom stereocenters. The van der Waals surface area contributed by atoms with Crippen molar-refractivity contribution in [1.29, 1.82) is 0 Å². The van der Waals surface area contributed by atoms with Gasteiger partial charge in [0.1, 0.15) is 0 Å². The molecule has 0 saturated heterocycles. The van der Waals surface area contributed by atoms with Crippen LogP contribution in [0.15, 0.2) is 12.4 Å². The number of rotatable bonds is 1. The fourth-order valence-electron chi connectivity index (χ4n) is 2.00. The number of nitrogens with zero attached hydrogens (tertiary/aromatic N) is 1. The number of methoxy groups -OCH3 is 1. The van der Waals surface area contributed by atoms with Gasteiger partial charge >= 0.3 is 5.97 Å². The molecule has 0 radical (unpaired) electrons. The third-order valence-corrected chi connectivity index (χ3v) is 2.98. The van der Waals surface area contributed by atoms with Crippen LogP contribution in [0.1, 0.15) is 34.3 Å². The molecular formula is C11H13NO3. The summed E-state index contributed by atoms with van der Waals surface area (Å²) in [5.41, 5.74) is 2.29. The predicted molar refractivity (Wildman–Crippen MR) is 53.7 cm³/mol. The van der Waals surface area contributed by atoms with Gasteiger partial charge in [-0.05, 0) is 11.1 Å². The lowest BCUT2D eigenvalue weighted by molar-refractivity contribution is 0.0599. The second-order valence-corrected chi connectivity index (χ2v) is 3.81. The van der Waals surface area contributed by atoms with Crippen LogP contribution in [0.2, 0.25) is 0 Å². The van der Waals surface area contributed by atoms with Gasteiger partial charge in [-0.15, -0.1) is 0 Å². The van der Waals surface area contributed by atoms with Crippen LogP contribution >= 0.6 is 0 Å². The van der Waals surface area contributed by atoms with Crippen LogP contribution in [0, 0.1) is 0 Å². The summed E-state index contributed by atoms with van der Waals surface area (Å²) in [6, 6.07) is 0. The van der Waals surface area contributed by atoms with E-state index in [2.05, 4.69) is 9.72 Å². The summed E-state index contributed by atoms with van der Waals surface area (Å²) in [6.07, 6.45) is 3.29. The second-order valence-electron chi connectivity index (χ2n) is 3.81. The molecular weight excluding hydrogens is 194 g/mol. The highest BCUT2D eigenvalue weighted by Crippen LogP contribution is 2.34. The minimum Gasteiger partial charge on any atom is -0.465 e. The summed E-state index contributed by atoms with van der Waals surface area (Å²) >= 11 is 0. The maximum absolute atomic E-state index is 11.4. The number of esters is 1. The first-order chi connectivity index (χ1) is 7.15. The van der Waals surface area contributed by atoms with Crippen LogP contribution in [-0.2, 0) is 11.2 Å². The molecule has 15 heavy (non-hydrogen) atoms. The van der Waals surface area contributed by atoms with Crippen molar-refractivity contribution in [3.8, 4) is 0 Å². The van der Waals surface area contributed by atoms with E-state index in [9.17, 15) is 9.90 Å². The van der Waals surface area contributed by atoms with Crippen LogP contribution in [0.3, 0.4) is 0 Å². The molecule has 1 aliphatic rings. The molecule has 1 aromatic heterocycles. The highest BCUT2D eigenvalue weighted by atomic mass is 16.5. The molecule has 0 fully saturated rings. The van der Waals surface area contributed by atoms with E-state index in [0.717, 1.165) is 11.1 Å². The monoisotopic (exact) mass is 207 g/mol. The Morgan fingerprint density at radius 3 is 3.00 bits per heavy atom. The molecule has 1 N–H and O–H groups in total. The van der Waals surface area contributed by atoms with E-state index in [0.29, 0.717) is 12.0 Å². The summed E-state index contributed by atoms with van der Waals surface area (Å²) in [4.78, 5) is 15.4. The van der Waals surface area contributed by atoms with Crippen LogP contribution in [-0.4, -0.2) is 29.3 Å². The molecule has 0 spiro atoms. The number of carbonyl (C=O) groups is 1. The van der Waals surface area contributed by atoms with Gasteiger partial charge in [-0.2, -0.15) is 0 Å². The lowest BCUT2D eigenvalue weighted by Crippen LogP contribution is -2.09. The molecule has 0 aliphatic heterocycles. The number of pyridine rings is 1. The Kier molecular flexibility index (Phi) is 2.44. The van der Waals surface area contributed by atoms with Crippen molar-refractivity contribution in [3.05, 3.63) is 29.1 Å². The van der Waals surface area contributed by atoms with Crippen molar-refractivity contribution < 1.29 is 14.6 Å². The maximum atomic E-state index is 11.4. The average Bonchev–Trinajstić information content (AvgIpc) is 2.54. The fourth-order valence-corrected chi connectivity index (χ4v) is 2.00. The summed E-state index contributed by atoms with van der Waals surface area (Å²) in [6.45, 7) is 1.93. The third kappa shape index (κ3) is 1.51. The van der Waals surface area contributed by atoms with E-state index in [-0.39, 0.29) is 11.9 Å². The number of hydrogen-bond acceptors (Lipinski definition) is 4. The van der Waals surface area contributed by atoms with E-state index >= 15 is 0 Å². The van der Waals surface area contributed by atoms with Crippen LogP contribution in [0.4, 0.5) is 0 Å². The Balaban J connectivity index is 2.49.